The summed E-state index contributed by atoms with van der Waals surface area (Å²) in [6, 6.07) is 9.11. The number of fused-ring (bicyclic) bond motifs is 1. The topological polar surface area (TPSA) is 23.8 Å². The van der Waals surface area contributed by atoms with E-state index in [1.807, 2.05) is 11.8 Å². The normalized spacial score (nSPS) is 16.2. The molecule has 0 spiro atoms. The lowest BCUT2D eigenvalue weighted by atomic mass is 9.96. The van der Waals surface area contributed by atoms with Crippen molar-refractivity contribution in [3.05, 3.63) is 29.3 Å². The molecule has 0 saturated carbocycles. The number of nitriles is 1. The Labute approximate surface area is 102 Å². The van der Waals surface area contributed by atoms with E-state index in [4.69, 9.17) is 5.26 Å². The van der Waals surface area contributed by atoms with Crippen LogP contribution in [0.3, 0.4) is 0 Å². The highest BCUT2D eigenvalue weighted by Crippen LogP contribution is 2.31. The number of thioether (sulfide) groups is 1. The van der Waals surface area contributed by atoms with Gasteiger partial charge < -0.3 is 0 Å². The Hall–Kier alpha value is -0.940. The van der Waals surface area contributed by atoms with Crippen LogP contribution in [0, 0.1) is 17.2 Å². The molecule has 0 bridgehead atoms. The fraction of sp³-hybridized carbons (Fsp3) is 0.500. The molecule has 0 radical (unpaired) electrons. The first-order valence-corrected chi connectivity index (χ1v) is 6.96. The van der Waals surface area contributed by atoms with Crippen LogP contribution in [0.15, 0.2) is 23.1 Å². The van der Waals surface area contributed by atoms with E-state index in [0.717, 1.165) is 12.8 Å². The number of benzene rings is 1. The van der Waals surface area contributed by atoms with Crippen molar-refractivity contribution in [2.45, 2.75) is 37.5 Å². The summed E-state index contributed by atoms with van der Waals surface area (Å²) in [5, 5.41) is 8.97. The maximum atomic E-state index is 8.97. The van der Waals surface area contributed by atoms with Crippen molar-refractivity contribution in [1.82, 2.24) is 0 Å². The molecule has 2 heteroatoms. The van der Waals surface area contributed by atoms with Gasteiger partial charge in [-0.05, 0) is 48.6 Å². The smallest absolute Gasteiger partial charge is 0.0659 e. The Bertz CT molecular complexity index is 406. The molecule has 1 atom stereocenters. The van der Waals surface area contributed by atoms with Gasteiger partial charge in [0.1, 0.15) is 0 Å². The highest BCUT2D eigenvalue weighted by molar-refractivity contribution is 7.99. The molecule has 1 aromatic carbocycles. The van der Waals surface area contributed by atoms with E-state index in [1.54, 1.807) is 0 Å². The third-order valence-corrected chi connectivity index (χ3v) is 4.33. The number of aryl methyl sites for hydroxylation is 1. The van der Waals surface area contributed by atoms with Crippen LogP contribution in [0.1, 0.15) is 30.9 Å². The van der Waals surface area contributed by atoms with Gasteiger partial charge in [-0.1, -0.05) is 19.1 Å². The molecule has 1 heterocycles. The van der Waals surface area contributed by atoms with E-state index in [-0.39, 0.29) is 5.92 Å². The van der Waals surface area contributed by atoms with E-state index < -0.39 is 0 Å². The molecule has 0 fully saturated rings. The average molecular weight is 231 g/mol. The van der Waals surface area contributed by atoms with Crippen LogP contribution in [0.5, 0.6) is 0 Å². The molecule has 0 aromatic heterocycles. The van der Waals surface area contributed by atoms with E-state index in [1.165, 1.54) is 34.6 Å². The molecule has 1 aliphatic heterocycles. The molecule has 2 rings (SSSR count). The highest BCUT2D eigenvalue weighted by atomic mass is 32.2. The number of nitrogens with zero attached hydrogens (tertiary/aromatic N) is 1. The number of hydrogen-bond acceptors (Lipinski definition) is 2. The first-order chi connectivity index (χ1) is 7.83. The van der Waals surface area contributed by atoms with Gasteiger partial charge in [-0.15, -0.1) is 11.8 Å². The van der Waals surface area contributed by atoms with Crippen LogP contribution in [-0.2, 0) is 12.8 Å². The van der Waals surface area contributed by atoms with Crippen molar-refractivity contribution >= 4 is 11.8 Å². The molecular weight excluding hydrogens is 214 g/mol. The van der Waals surface area contributed by atoms with Crippen molar-refractivity contribution in [2.24, 2.45) is 5.92 Å². The minimum atomic E-state index is 0.175. The molecule has 16 heavy (non-hydrogen) atoms. The Kier molecular flexibility index (Phi) is 3.90. The summed E-state index contributed by atoms with van der Waals surface area (Å²) in [5.41, 5.74) is 2.82. The van der Waals surface area contributed by atoms with E-state index in [9.17, 15) is 0 Å². The molecule has 0 aliphatic carbocycles. The second kappa shape index (κ2) is 5.41. The van der Waals surface area contributed by atoms with Crippen LogP contribution in [0.4, 0.5) is 0 Å². The quantitative estimate of drug-likeness (QED) is 0.789. The van der Waals surface area contributed by atoms with Crippen molar-refractivity contribution in [2.75, 3.05) is 5.75 Å². The van der Waals surface area contributed by atoms with Gasteiger partial charge in [-0.2, -0.15) is 5.26 Å². The molecule has 1 nitrogen and oxygen atoms in total. The van der Waals surface area contributed by atoms with Crippen LogP contribution in [0.25, 0.3) is 0 Å². The summed E-state index contributed by atoms with van der Waals surface area (Å²) >= 11 is 1.96. The first kappa shape index (κ1) is 11.5. The maximum Gasteiger partial charge on any atom is 0.0659 e. The fourth-order valence-electron chi connectivity index (χ4n) is 2.11. The molecular formula is C14H17NS. The predicted octanol–water partition coefficient (Wildman–Crippen LogP) is 3.82. The van der Waals surface area contributed by atoms with Crippen molar-refractivity contribution < 1.29 is 0 Å². The predicted molar refractivity (Wildman–Crippen MR) is 68.6 cm³/mol. The Morgan fingerprint density at radius 2 is 2.38 bits per heavy atom. The Morgan fingerprint density at radius 3 is 3.12 bits per heavy atom. The third-order valence-electron chi connectivity index (χ3n) is 3.13. The molecule has 0 N–H and O–H groups in total. The van der Waals surface area contributed by atoms with Crippen molar-refractivity contribution in [3.8, 4) is 6.07 Å². The number of rotatable bonds is 3. The Balaban J connectivity index is 2.14. The molecule has 0 saturated heterocycles. The summed E-state index contributed by atoms with van der Waals surface area (Å²) < 4.78 is 0. The zero-order chi connectivity index (χ0) is 11.4. The van der Waals surface area contributed by atoms with Gasteiger partial charge in [-0.25, -0.2) is 0 Å². The lowest BCUT2D eigenvalue weighted by Gasteiger charge is -2.16. The third kappa shape index (κ3) is 2.59. The van der Waals surface area contributed by atoms with Gasteiger partial charge in [0.25, 0.3) is 0 Å². The average Bonchev–Trinajstić information content (AvgIpc) is 2.35. The van der Waals surface area contributed by atoms with Gasteiger partial charge in [0, 0.05) is 4.90 Å². The fourth-order valence-corrected chi connectivity index (χ4v) is 3.13. The monoisotopic (exact) mass is 231 g/mol. The van der Waals surface area contributed by atoms with Crippen LogP contribution >= 0.6 is 11.8 Å². The number of hydrogen-bond donors (Lipinski definition) is 0. The Morgan fingerprint density at radius 1 is 1.50 bits per heavy atom. The van der Waals surface area contributed by atoms with Crippen molar-refractivity contribution in [3.63, 3.8) is 0 Å². The van der Waals surface area contributed by atoms with Gasteiger partial charge >= 0.3 is 0 Å². The molecule has 84 valence electrons. The van der Waals surface area contributed by atoms with E-state index >= 15 is 0 Å². The first-order valence-electron chi connectivity index (χ1n) is 5.97. The SMILES string of the molecule is CCC(C#N)Cc1ccc2c(c1)CCCS2. The second-order valence-corrected chi connectivity index (χ2v) is 5.47. The minimum Gasteiger partial charge on any atom is -0.198 e. The largest absolute Gasteiger partial charge is 0.198 e. The minimum absolute atomic E-state index is 0.175. The van der Waals surface area contributed by atoms with E-state index in [0.29, 0.717) is 0 Å². The summed E-state index contributed by atoms with van der Waals surface area (Å²) in [6.07, 6.45) is 4.35. The van der Waals surface area contributed by atoms with Crippen LogP contribution < -0.4 is 0 Å². The molecule has 1 unspecified atom stereocenters. The van der Waals surface area contributed by atoms with E-state index in [2.05, 4.69) is 31.2 Å². The van der Waals surface area contributed by atoms with Crippen molar-refractivity contribution in [1.29, 1.82) is 5.26 Å². The summed E-state index contributed by atoms with van der Waals surface area (Å²) in [5.74, 6) is 1.43. The summed E-state index contributed by atoms with van der Waals surface area (Å²) in [4.78, 5) is 1.44. The summed E-state index contributed by atoms with van der Waals surface area (Å²) in [7, 11) is 0. The maximum absolute atomic E-state index is 8.97. The van der Waals surface area contributed by atoms with Gasteiger partial charge in [0.15, 0.2) is 0 Å². The standard InChI is InChI=1S/C14H17NS/c1-2-11(10-15)8-12-5-6-14-13(9-12)4-3-7-16-14/h5-6,9,11H,2-4,7-8H2,1H3. The second-order valence-electron chi connectivity index (χ2n) is 4.33. The summed E-state index contributed by atoms with van der Waals surface area (Å²) in [6.45, 7) is 2.09. The van der Waals surface area contributed by atoms with Gasteiger partial charge in [0.05, 0.1) is 12.0 Å². The van der Waals surface area contributed by atoms with Gasteiger partial charge in [-0.3, -0.25) is 0 Å². The van der Waals surface area contributed by atoms with Gasteiger partial charge in [0.2, 0.25) is 0 Å². The lowest BCUT2D eigenvalue weighted by molar-refractivity contribution is 0.637. The zero-order valence-corrected chi connectivity index (χ0v) is 10.5. The lowest BCUT2D eigenvalue weighted by Crippen LogP contribution is -2.03. The molecule has 1 aliphatic rings. The highest BCUT2D eigenvalue weighted by Gasteiger charge is 2.12. The van der Waals surface area contributed by atoms with Crippen LogP contribution in [-0.4, -0.2) is 5.75 Å². The zero-order valence-electron chi connectivity index (χ0n) is 9.70. The molecule has 0 amide bonds. The molecule has 1 aromatic rings. The van der Waals surface area contributed by atoms with Crippen LogP contribution in [0.2, 0.25) is 0 Å².